The second-order valence-corrected chi connectivity index (χ2v) is 8.86. The monoisotopic (exact) mass is 403 g/mol. The summed E-state index contributed by atoms with van der Waals surface area (Å²) >= 11 is 1.61. The van der Waals surface area contributed by atoms with E-state index in [4.69, 9.17) is 0 Å². The number of hydrogen-bond acceptors (Lipinski definition) is 6. The molecular weight excluding hydrogens is 382 g/mol. The zero-order valence-corrected chi connectivity index (χ0v) is 17.4. The number of hydrogen-bond donors (Lipinski definition) is 0. The smallest absolute Gasteiger partial charge is 0.192 e. The van der Waals surface area contributed by atoms with Crippen LogP contribution >= 0.6 is 11.8 Å². The lowest BCUT2D eigenvalue weighted by Gasteiger charge is -2.34. The molecule has 0 radical (unpaired) electrons. The third kappa shape index (κ3) is 3.13. The van der Waals surface area contributed by atoms with E-state index in [0.29, 0.717) is 5.75 Å². The van der Waals surface area contributed by atoms with Gasteiger partial charge in [-0.1, -0.05) is 53.7 Å². The molecule has 0 amide bonds. The Labute approximate surface area is 173 Å². The van der Waals surface area contributed by atoms with Gasteiger partial charge in [0.25, 0.3) is 0 Å². The second-order valence-electron chi connectivity index (χ2n) is 7.92. The predicted octanol–water partition coefficient (Wildman–Crippen LogP) is 3.81. The summed E-state index contributed by atoms with van der Waals surface area (Å²) in [6.45, 7) is 6.53. The zero-order chi connectivity index (χ0) is 20.0. The molecule has 29 heavy (non-hydrogen) atoms. The Hall–Kier alpha value is -3.00. The van der Waals surface area contributed by atoms with Gasteiger partial charge in [0, 0.05) is 11.1 Å². The molecule has 0 unspecified atom stereocenters. The Kier molecular flexibility index (Phi) is 4.24. The molecule has 0 bridgehead atoms. The first-order valence-electron chi connectivity index (χ1n) is 9.54. The van der Waals surface area contributed by atoms with Gasteiger partial charge in [-0.15, -0.1) is 15.3 Å². The van der Waals surface area contributed by atoms with E-state index < -0.39 is 0 Å². The average Bonchev–Trinajstić information content (AvgIpc) is 3.34. The van der Waals surface area contributed by atoms with E-state index in [1.165, 1.54) is 11.1 Å². The number of fused-ring (bicyclic) bond motifs is 3. The molecule has 1 aliphatic heterocycles. The van der Waals surface area contributed by atoms with Crippen molar-refractivity contribution in [1.29, 1.82) is 0 Å². The summed E-state index contributed by atoms with van der Waals surface area (Å²) < 4.78 is 4.03. The van der Waals surface area contributed by atoms with E-state index in [1.807, 2.05) is 12.1 Å². The SMILES string of the molecule is Cc1ccc(-n2nnnc2CSc2nnc3n2C(C)(C)Cc2ccccc2-3)cc1. The molecule has 0 saturated carbocycles. The van der Waals surface area contributed by atoms with Gasteiger partial charge >= 0.3 is 0 Å². The molecule has 0 atom stereocenters. The summed E-state index contributed by atoms with van der Waals surface area (Å²) in [5.41, 5.74) is 4.54. The Morgan fingerprint density at radius 3 is 2.62 bits per heavy atom. The van der Waals surface area contributed by atoms with Crippen LogP contribution in [-0.4, -0.2) is 35.0 Å². The highest BCUT2D eigenvalue weighted by Gasteiger charge is 2.34. The van der Waals surface area contributed by atoms with Crippen LogP contribution in [0.5, 0.6) is 0 Å². The van der Waals surface area contributed by atoms with Crippen molar-refractivity contribution in [2.45, 2.75) is 43.6 Å². The van der Waals surface area contributed by atoms with Gasteiger partial charge in [0.05, 0.1) is 11.4 Å². The maximum atomic E-state index is 4.52. The van der Waals surface area contributed by atoms with E-state index in [-0.39, 0.29) is 5.54 Å². The second kappa shape index (κ2) is 6.81. The molecule has 0 fully saturated rings. The molecule has 0 aliphatic carbocycles. The average molecular weight is 404 g/mol. The fourth-order valence-corrected chi connectivity index (χ4v) is 4.83. The topological polar surface area (TPSA) is 74.3 Å². The van der Waals surface area contributed by atoms with Crippen LogP contribution in [0.25, 0.3) is 17.1 Å². The van der Waals surface area contributed by atoms with E-state index in [2.05, 4.69) is 87.5 Å². The maximum Gasteiger partial charge on any atom is 0.192 e. The molecule has 2 aromatic carbocycles. The molecule has 5 rings (SSSR count). The van der Waals surface area contributed by atoms with Crippen molar-refractivity contribution >= 4 is 11.8 Å². The summed E-state index contributed by atoms with van der Waals surface area (Å²) in [4.78, 5) is 0. The lowest BCUT2D eigenvalue weighted by molar-refractivity contribution is 0.323. The van der Waals surface area contributed by atoms with Crippen molar-refractivity contribution in [3.63, 3.8) is 0 Å². The van der Waals surface area contributed by atoms with Crippen LogP contribution in [-0.2, 0) is 17.7 Å². The van der Waals surface area contributed by atoms with Gasteiger partial charge in [0.2, 0.25) is 0 Å². The molecule has 0 saturated heterocycles. The first-order chi connectivity index (χ1) is 14.0. The highest BCUT2D eigenvalue weighted by atomic mass is 32.2. The van der Waals surface area contributed by atoms with Crippen molar-refractivity contribution < 1.29 is 0 Å². The van der Waals surface area contributed by atoms with Crippen molar-refractivity contribution in [2.75, 3.05) is 0 Å². The molecule has 146 valence electrons. The van der Waals surface area contributed by atoms with Crippen molar-refractivity contribution in [3.8, 4) is 17.1 Å². The van der Waals surface area contributed by atoms with Crippen LogP contribution in [0.4, 0.5) is 0 Å². The van der Waals surface area contributed by atoms with Gasteiger partial charge < -0.3 is 0 Å². The summed E-state index contributed by atoms with van der Waals surface area (Å²) in [7, 11) is 0. The molecule has 7 nitrogen and oxygen atoms in total. The summed E-state index contributed by atoms with van der Waals surface area (Å²) in [5.74, 6) is 2.32. The fraction of sp³-hybridized carbons (Fsp3) is 0.286. The quantitative estimate of drug-likeness (QED) is 0.482. The molecule has 1 aliphatic rings. The van der Waals surface area contributed by atoms with Gasteiger partial charge in [-0.2, -0.15) is 4.68 Å². The van der Waals surface area contributed by atoms with Gasteiger partial charge in [0.1, 0.15) is 0 Å². The Balaban J connectivity index is 1.45. The molecule has 3 heterocycles. The molecule has 8 heteroatoms. The van der Waals surface area contributed by atoms with Gasteiger partial charge in [-0.05, 0) is 55.3 Å². The standard InChI is InChI=1S/C21H21N7S/c1-14-8-10-16(11-9-14)28-18(22-25-26-28)13-29-20-24-23-19-17-7-5-4-6-15(17)12-21(2,3)27(19)20/h4-11H,12-13H2,1-3H3. The third-order valence-corrected chi connectivity index (χ3v) is 6.19. The number of rotatable bonds is 4. The molecule has 0 N–H and O–H groups in total. The first kappa shape index (κ1) is 18.1. The lowest BCUT2D eigenvalue weighted by Crippen LogP contribution is -2.33. The summed E-state index contributed by atoms with van der Waals surface area (Å²) in [6, 6.07) is 16.6. The van der Waals surface area contributed by atoms with E-state index in [1.54, 1.807) is 16.4 Å². The number of aryl methyl sites for hydroxylation is 1. The van der Waals surface area contributed by atoms with Crippen molar-refractivity contribution in [1.82, 2.24) is 35.0 Å². The number of aromatic nitrogens is 7. The summed E-state index contributed by atoms with van der Waals surface area (Å²) in [6.07, 6.45) is 0.947. The van der Waals surface area contributed by atoms with Crippen molar-refractivity contribution in [2.24, 2.45) is 0 Å². The first-order valence-corrected chi connectivity index (χ1v) is 10.5. The van der Waals surface area contributed by atoms with E-state index in [9.17, 15) is 0 Å². The van der Waals surface area contributed by atoms with Gasteiger partial charge in [-0.3, -0.25) is 4.57 Å². The molecule has 4 aromatic rings. The summed E-state index contributed by atoms with van der Waals surface area (Å²) in [5, 5.41) is 22.2. The van der Waals surface area contributed by atoms with Crippen LogP contribution in [0.1, 0.15) is 30.8 Å². The zero-order valence-electron chi connectivity index (χ0n) is 16.6. The minimum Gasteiger partial charge on any atom is -0.296 e. The molecule has 2 aromatic heterocycles. The Bertz CT molecular complexity index is 1170. The largest absolute Gasteiger partial charge is 0.296 e. The van der Waals surface area contributed by atoms with Crippen molar-refractivity contribution in [3.05, 3.63) is 65.5 Å². The van der Waals surface area contributed by atoms with Crippen LogP contribution in [0, 0.1) is 6.92 Å². The lowest BCUT2D eigenvalue weighted by atomic mass is 9.87. The van der Waals surface area contributed by atoms with Crippen LogP contribution in [0.2, 0.25) is 0 Å². The van der Waals surface area contributed by atoms with Crippen LogP contribution in [0.3, 0.4) is 0 Å². The van der Waals surface area contributed by atoms with Gasteiger partial charge in [-0.25, -0.2) is 0 Å². The van der Waals surface area contributed by atoms with E-state index in [0.717, 1.165) is 34.5 Å². The Morgan fingerprint density at radius 1 is 1.00 bits per heavy atom. The third-order valence-electron chi connectivity index (χ3n) is 5.26. The minimum absolute atomic E-state index is 0.0988. The molecule has 0 spiro atoms. The number of benzene rings is 2. The van der Waals surface area contributed by atoms with E-state index >= 15 is 0 Å². The fourth-order valence-electron chi connectivity index (χ4n) is 3.83. The van der Waals surface area contributed by atoms with Crippen LogP contribution in [0.15, 0.2) is 53.7 Å². The minimum atomic E-state index is -0.0988. The highest BCUT2D eigenvalue weighted by Crippen LogP contribution is 2.40. The van der Waals surface area contributed by atoms with Crippen LogP contribution < -0.4 is 0 Å². The maximum absolute atomic E-state index is 4.52. The number of nitrogens with zero attached hydrogens (tertiary/aromatic N) is 7. The predicted molar refractivity (Wildman–Crippen MR) is 112 cm³/mol. The highest BCUT2D eigenvalue weighted by molar-refractivity contribution is 7.98. The number of tetrazole rings is 1. The number of thioether (sulfide) groups is 1. The normalized spacial score (nSPS) is 14.4. The van der Waals surface area contributed by atoms with Gasteiger partial charge in [0.15, 0.2) is 16.8 Å². The Morgan fingerprint density at radius 2 is 1.79 bits per heavy atom. The molecular formula is C21H21N7S.